The summed E-state index contributed by atoms with van der Waals surface area (Å²) in [6, 6.07) is 0.481. The van der Waals surface area contributed by atoms with Crippen LogP contribution in [0.3, 0.4) is 0 Å². The van der Waals surface area contributed by atoms with Crippen molar-refractivity contribution in [3.05, 3.63) is 0 Å². The van der Waals surface area contributed by atoms with Gasteiger partial charge in [0.15, 0.2) is 0 Å². The van der Waals surface area contributed by atoms with E-state index in [1.807, 2.05) is 4.90 Å². The molecule has 0 saturated carbocycles. The van der Waals surface area contributed by atoms with Crippen LogP contribution in [0, 0.1) is 11.8 Å². The molecule has 0 aromatic carbocycles. The van der Waals surface area contributed by atoms with E-state index in [-0.39, 0.29) is 42.2 Å². The molecule has 2 saturated heterocycles. The van der Waals surface area contributed by atoms with E-state index in [0.717, 1.165) is 32.4 Å². The third-order valence-electron chi connectivity index (χ3n) is 5.07. The van der Waals surface area contributed by atoms with Crippen molar-refractivity contribution in [2.75, 3.05) is 19.6 Å². The third-order valence-corrected chi connectivity index (χ3v) is 5.07. The quantitative estimate of drug-likeness (QED) is 0.803. The topological polar surface area (TPSA) is 61.4 Å². The highest BCUT2D eigenvalue weighted by atomic mass is 35.5. The van der Waals surface area contributed by atoms with E-state index in [4.69, 9.17) is 0 Å². The van der Waals surface area contributed by atoms with Crippen LogP contribution in [0.4, 0.5) is 0 Å². The summed E-state index contributed by atoms with van der Waals surface area (Å²) >= 11 is 0. The molecule has 2 heterocycles. The molecular weight excluding hydrogens is 302 g/mol. The molecule has 22 heavy (non-hydrogen) atoms. The second-order valence-electron chi connectivity index (χ2n) is 6.50. The number of rotatable bonds is 5. The number of halogens is 1. The Morgan fingerprint density at radius 3 is 2.68 bits per heavy atom. The minimum atomic E-state index is -0.174. The molecule has 2 aliphatic rings. The van der Waals surface area contributed by atoms with Crippen LogP contribution < -0.4 is 10.6 Å². The minimum absolute atomic E-state index is 0. The maximum absolute atomic E-state index is 12.4. The number of amides is 2. The molecule has 0 aliphatic carbocycles. The van der Waals surface area contributed by atoms with E-state index in [9.17, 15) is 9.59 Å². The Balaban J connectivity index is 0.00000242. The Morgan fingerprint density at radius 1 is 1.41 bits per heavy atom. The first kappa shape index (κ1) is 19.2. The predicted molar refractivity (Wildman–Crippen MR) is 90.0 cm³/mol. The molecule has 0 aromatic rings. The van der Waals surface area contributed by atoms with Crippen molar-refractivity contribution >= 4 is 24.2 Å². The van der Waals surface area contributed by atoms with E-state index in [0.29, 0.717) is 18.9 Å². The van der Waals surface area contributed by atoms with E-state index in [1.165, 1.54) is 0 Å². The Bertz CT molecular complexity index is 388. The fourth-order valence-corrected chi connectivity index (χ4v) is 3.47. The van der Waals surface area contributed by atoms with Gasteiger partial charge < -0.3 is 15.5 Å². The van der Waals surface area contributed by atoms with Crippen molar-refractivity contribution in [3.63, 3.8) is 0 Å². The molecule has 0 bridgehead atoms. The van der Waals surface area contributed by atoms with Crippen molar-refractivity contribution in [2.45, 2.75) is 58.5 Å². The lowest BCUT2D eigenvalue weighted by atomic mass is 9.94. The first-order valence-corrected chi connectivity index (χ1v) is 8.37. The molecule has 0 radical (unpaired) electrons. The van der Waals surface area contributed by atoms with Gasteiger partial charge in [0.1, 0.15) is 0 Å². The van der Waals surface area contributed by atoms with Gasteiger partial charge in [-0.05, 0) is 31.7 Å². The number of likely N-dealkylation sites (tertiary alicyclic amines) is 1. The van der Waals surface area contributed by atoms with Gasteiger partial charge in [0.25, 0.3) is 0 Å². The first-order valence-electron chi connectivity index (χ1n) is 8.37. The van der Waals surface area contributed by atoms with Gasteiger partial charge in [0.05, 0.1) is 5.92 Å². The number of nitrogens with one attached hydrogen (secondary N) is 2. The van der Waals surface area contributed by atoms with Crippen LogP contribution in [0.15, 0.2) is 0 Å². The average Bonchev–Trinajstić information content (AvgIpc) is 2.85. The number of carbonyl (C=O) groups is 2. The van der Waals surface area contributed by atoms with Crippen LogP contribution in [-0.2, 0) is 9.59 Å². The van der Waals surface area contributed by atoms with E-state index in [1.54, 1.807) is 0 Å². The van der Waals surface area contributed by atoms with Crippen LogP contribution in [0.2, 0.25) is 0 Å². The smallest absolute Gasteiger partial charge is 0.225 e. The van der Waals surface area contributed by atoms with Crippen molar-refractivity contribution in [3.8, 4) is 0 Å². The SMILES string of the molecule is CCC(CC)N1CC(C(=O)NC2CNCCC2C)CC1=O.Cl. The Labute approximate surface area is 140 Å². The molecule has 0 spiro atoms. The second kappa shape index (κ2) is 8.73. The maximum Gasteiger partial charge on any atom is 0.225 e. The summed E-state index contributed by atoms with van der Waals surface area (Å²) in [6.07, 6.45) is 3.38. The van der Waals surface area contributed by atoms with Gasteiger partial charge in [-0.1, -0.05) is 20.8 Å². The molecule has 2 amide bonds. The fraction of sp³-hybridized carbons (Fsp3) is 0.875. The third kappa shape index (κ3) is 4.35. The maximum atomic E-state index is 12.4. The molecule has 3 atom stereocenters. The molecule has 2 fully saturated rings. The lowest BCUT2D eigenvalue weighted by Crippen LogP contribution is -2.51. The van der Waals surface area contributed by atoms with Gasteiger partial charge in [-0.3, -0.25) is 9.59 Å². The summed E-state index contributed by atoms with van der Waals surface area (Å²) < 4.78 is 0. The zero-order valence-corrected chi connectivity index (χ0v) is 14.7. The monoisotopic (exact) mass is 331 g/mol. The fourth-order valence-electron chi connectivity index (χ4n) is 3.47. The highest BCUT2D eigenvalue weighted by molar-refractivity contribution is 5.89. The van der Waals surface area contributed by atoms with E-state index < -0.39 is 0 Å². The molecule has 2 rings (SSSR count). The van der Waals surface area contributed by atoms with E-state index >= 15 is 0 Å². The highest BCUT2D eigenvalue weighted by Gasteiger charge is 2.37. The average molecular weight is 332 g/mol. The molecule has 3 unspecified atom stereocenters. The van der Waals surface area contributed by atoms with Gasteiger partial charge in [-0.15, -0.1) is 12.4 Å². The Morgan fingerprint density at radius 2 is 2.09 bits per heavy atom. The van der Waals surface area contributed by atoms with Crippen LogP contribution >= 0.6 is 12.4 Å². The summed E-state index contributed by atoms with van der Waals surface area (Å²) in [4.78, 5) is 26.5. The number of hydrogen-bond acceptors (Lipinski definition) is 3. The first-order chi connectivity index (χ1) is 10.1. The molecule has 6 heteroatoms. The zero-order valence-electron chi connectivity index (χ0n) is 13.9. The summed E-state index contributed by atoms with van der Waals surface area (Å²) in [7, 11) is 0. The number of carbonyl (C=O) groups excluding carboxylic acids is 2. The molecule has 2 aliphatic heterocycles. The summed E-state index contributed by atoms with van der Waals surface area (Å²) in [5.41, 5.74) is 0. The van der Waals surface area contributed by atoms with Gasteiger partial charge in [-0.25, -0.2) is 0 Å². The van der Waals surface area contributed by atoms with Crippen molar-refractivity contribution in [1.29, 1.82) is 0 Å². The molecule has 128 valence electrons. The van der Waals surface area contributed by atoms with Gasteiger partial charge in [0.2, 0.25) is 11.8 Å². The summed E-state index contributed by atoms with van der Waals surface area (Å²) in [6.45, 7) is 8.84. The van der Waals surface area contributed by atoms with Crippen molar-refractivity contribution in [1.82, 2.24) is 15.5 Å². The van der Waals surface area contributed by atoms with E-state index in [2.05, 4.69) is 31.4 Å². The lowest BCUT2D eigenvalue weighted by Gasteiger charge is -2.31. The number of hydrogen-bond donors (Lipinski definition) is 2. The standard InChI is InChI=1S/C16H29N3O2.ClH/c1-4-13(5-2)19-10-12(8-15(19)20)16(21)18-14-9-17-7-6-11(14)3;/h11-14,17H,4-10H2,1-3H3,(H,18,21);1H. The largest absolute Gasteiger partial charge is 0.352 e. The minimum Gasteiger partial charge on any atom is -0.352 e. The summed E-state index contributed by atoms with van der Waals surface area (Å²) in [5, 5.41) is 6.47. The van der Waals surface area contributed by atoms with Crippen molar-refractivity contribution < 1.29 is 9.59 Å². The van der Waals surface area contributed by atoms with Crippen LogP contribution in [-0.4, -0.2) is 48.4 Å². The van der Waals surface area contributed by atoms with Crippen LogP contribution in [0.25, 0.3) is 0 Å². The number of piperidine rings is 1. The molecule has 0 aromatic heterocycles. The van der Waals surface area contributed by atoms with Crippen molar-refractivity contribution in [2.24, 2.45) is 11.8 Å². The zero-order chi connectivity index (χ0) is 15.4. The highest BCUT2D eigenvalue weighted by Crippen LogP contribution is 2.23. The summed E-state index contributed by atoms with van der Waals surface area (Å²) in [5.74, 6) is 0.519. The lowest BCUT2D eigenvalue weighted by molar-refractivity contribution is -0.130. The van der Waals surface area contributed by atoms with Crippen LogP contribution in [0.1, 0.15) is 46.5 Å². The van der Waals surface area contributed by atoms with Crippen LogP contribution in [0.5, 0.6) is 0 Å². The normalized spacial score (nSPS) is 28.6. The Kier molecular flexibility index (Phi) is 7.63. The predicted octanol–water partition coefficient (Wildman–Crippen LogP) is 1.56. The van der Waals surface area contributed by atoms with Gasteiger partial charge in [0, 0.05) is 31.6 Å². The van der Waals surface area contributed by atoms with Gasteiger partial charge in [-0.2, -0.15) is 0 Å². The van der Waals surface area contributed by atoms with Gasteiger partial charge >= 0.3 is 0 Å². The Hall–Kier alpha value is -0.810. The molecule has 5 nitrogen and oxygen atoms in total. The molecular formula is C16H30ClN3O2. The number of nitrogens with zero attached hydrogens (tertiary/aromatic N) is 1. The second-order valence-corrected chi connectivity index (χ2v) is 6.50. The molecule has 2 N–H and O–H groups in total.